The Morgan fingerprint density at radius 3 is 0.616 bits per heavy atom. The second-order valence-electron chi connectivity index (χ2n) is 42.1. The van der Waals surface area contributed by atoms with Crippen molar-refractivity contribution in [2.24, 2.45) is 0 Å². The summed E-state index contributed by atoms with van der Waals surface area (Å²) < 4.78 is 0. The van der Waals surface area contributed by atoms with Gasteiger partial charge < -0.3 is 19.9 Å². The quantitative estimate of drug-likeness (QED) is 0.144. The molecule has 16 rings (SSSR count). The fourth-order valence-corrected chi connectivity index (χ4v) is 17.0. The van der Waals surface area contributed by atoms with E-state index >= 15 is 0 Å². The van der Waals surface area contributed by atoms with Crippen molar-refractivity contribution in [3.05, 3.63) is 270 Å². The zero-order chi connectivity index (χ0) is 88.8. The monoisotopic (exact) mass is 1680 g/mol. The minimum Gasteiger partial charge on any atom is -0.657 e. The summed E-state index contributed by atoms with van der Waals surface area (Å²) in [4.78, 5) is 43.8. The SMILES string of the molecule is CC(C)(C)c1cc(-c2c3nc(c(-c4c5nc(c(-c6cc(C(C)(C)C)cc(C(C)(C)C)c6)c6ccc([nH]6)c(-c6cc(C#N)cc(C#N)c6)c6nc(c(-c7cc(C(C)(C)C)cc(C(C)(C)C)c7)c7ccc4[nH]7)C=C6)C=C5)c4ccc([n-]4)c(-c4cc(C(C)(C)C)cc(C(C)(C)C)c4)c4nc(c(-c5cc(C#N)cc(C#N)c5)c5ccc2[n-]5)C=C4)C=C3)cc(C(C)(C)C)c1.[Cu+2]. The number of hydrogen-bond acceptors (Lipinski definition) is 8. The molecule has 1 radical (unpaired) electrons. The van der Waals surface area contributed by atoms with Crippen LogP contribution in [0.15, 0.2) is 158 Å². The van der Waals surface area contributed by atoms with Crippen LogP contribution in [0.25, 0.3) is 171 Å². The molecular weight excluding hydrogens is 1580 g/mol. The summed E-state index contributed by atoms with van der Waals surface area (Å²) in [6, 6.07) is 64.9. The van der Waals surface area contributed by atoms with Gasteiger partial charge in [-0.25, -0.2) is 19.9 Å². The van der Waals surface area contributed by atoms with Gasteiger partial charge in [-0.15, -0.1) is 22.1 Å². The fraction of sp³-hybridized carbons (Fsp3) is 0.286. The summed E-state index contributed by atoms with van der Waals surface area (Å²) in [7, 11) is 0. The molecule has 6 aromatic carbocycles. The van der Waals surface area contributed by atoms with E-state index in [0.717, 1.165) is 117 Å². The second-order valence-corrected chi connectivity index (χ2v) is 42.1. The van der Waals surface area contributed by atoms with E-state index in [9.17, 15) is 21.0 Å². The Labute approximate surface area is 747 Å². The van der Waals surface area contributed by atoms with Gasteiger partial charge in [0.25, 0.3) is 0 Å². The first kappa shape index (κ1) is 86.9. The zero-order valence-corrected chi connectivity index (χ0v) is 77.3. The minimum atomic E-state index is -0.277. The smallest absolute Gasteiger partial charge is 0.657 e. The average Bonchev–Trinajstić information content (AvgIpc) is 1.60. The molecule has 13 heteroatoms. The molecule has 0 saturated carbocycles. The van der Waals surface area contributed by atoms with Crippen LogP contribution in [0.2, 0.25) is 0 Å². The normalized spacial score (nSPS) is 13.1. The molecule has 0 atom stereocenters. The molecule has 0 unspecified atom stereocenters. The van der Waals surface area contributed by atoms with Crippen molar-refractivity contribution in [1.82, 2.24) is 39.9 Å². The van der Waals surface area contributed by atoms with Crippen LogP contribution in [-0.2, 0) is 60.4 Å². The molecule has 0 aliphatic carbocycles. The van der Waals surface area contributed by atoms with Gasteiger partial charge in [0.05, 0.1) is 92.1 Å². The minimum absolute atomic E-state index is 0. The average molecular weight is 1690 g/mol. The largest absolute Gasteiger partial charge is 2.00 e. The van der Waals surface area contributed by atoms with Crippen LogP contribution >= 0.6 is 0 Å². The first-order chi connectivity index (χ1) is 58.2. The topological polar surface area (TPSA) is 206 Å². The van der Waals surface area contributed by atoms with Gasteiger partial charge >= 0.3 is 17.1 Å². The Kier molecular flexibility index (Phi) is 21.8. The summed E-state index contributed by atoms with van der Waals surface area (Å²) in [5.74, 6) is 0. The van der Waals surface area contributed by atoms with E-state index in [1.807, 2.05) is 36.4 Å². The van der Waals surface area contributed by atoms with Crippen molar-refractivity contribution in [3.8, 4) is 102 Å². The number of H-pyrrole nitrogens is 2. The Morgan fingerprint density at radius 1 is 0.216 bits per heavy atom. The Bertz CT molecular complexity index is 6450. The van der Waals surface area contributed by atoms with Crippen molar-refractivity contribution in [2.45, 2.75) is 209 Å². The van der Waals surface area contributed by atoms with Crippen molar-refractivity contribution < 1.29 is 17.1 Å². The molecule has 16 bridgehead atoms. The van der Waals surface area contributed by atoms with Gasteiger partial charge in [0.15, 0.2) is 0 Å². The van der Waals surface area contributed by atoms with Gasteiger partial charge in [-0.1, -0.05) is 263 Å². The Morgan fingerprint density at radius 2 is 0.392 bits per heavy atom. The van der Waals surface area contributed by atoms with E-state index in [0.29, 0.717) is 118 Å². The third-order valence-electron chi connectivity index (χ3n) is 24.4. The number of aromatic amines is 2. The number of nitriles is 4. The number of hydrogen-bond donors (Lipinski definition) is 2. The van der Waals surface area contributed by atoms with Crippen LogP contribution in [0.5, 0.6) is 0 Å². The molecular formula is C112H108CuN12. The van der Waals surface area contributed by atoms with E-state index in [-0.39, 0.29) is 60.4 Å². The van der Waals surface area contributed by atoms with E-state index in [1.165, 1.54) is 0 Å². The first-order valence-electron chi connectivity index (χ1n) is 43.0. The molecule has 12 nitrogen and oxygen atoms in total. The van der Waals surface area contributed by atoms with Crippen molar-refractivity contribution >= 4 is 92.7 Å². The molecule has 4 aliphatic rings. The van der Waals surface area contributed by atoms with Gasteiger partial charge in [-0.05, 0) is 253 Å². The molecule has 0 saturated heterocycles. The van der Waals surface area contributed by atoms with Crippen molar-refractivity contribution in [1.29, 1.82) is 21.0 Å². The third kappa shape index (κ3) is 16.9. The summed E-state index contributed by atoms with van der Waals surface area (Å²) in [5.41, 5.74) is 30.5. The van der Waals surface area contributed by atoms with Crippen LogP contribution in [0.4, 0.5) is 0 Å². The summed E-state index contributed by atoms with van der Waals surface area (Å²) in [6.45, 7) is 54.2. The van der Waals surface area contributed by atoms with Crippen molar-refractivity contribution in [2.75, 3.05) is 0 Å². The number of nitrogens with one attached hydrogen (secondary N) is 2. The van der Waals surface area contributed by atoms with E-state index in [1.54, 1.807) is 12.1 Å². The van der Waals surface area contributed by atoms with Gasteiger partial charge in [-0.2, -0.15) is 21.0 Å². The summed E-state index contributed by atoms with van der Waals surface area (Å²) in [5, 5.41) is 42.8. The van der Waals surface area contributed by atoms with Crippen molar-refractivity contribution in [3.63, 3.8) is 0 Å². The van der Waals surface area contributed by atoms with Gasteiger partial charge in [0.2, 0.25) is 0 Å². The Balaban J connectivity index is 0.0000121. The molecule has 0 spiro atoms. The first-order valence-corrected chi connectivity index (χ1v) is 43.0. The molecule has 10 heterocycles. The second kappa shape index (κ2) is 31.3. The van der Waals surface area contributed by atoms with Crippen LogP contribution in [0.3, 0.4) is 0 Å². The molecule has 2 N–H and O–H groups in total. The molecule has 0 amide bonds. The number of aromatic nitrogens is 8. The molecule has 4 aliphatic heterocycles. The standard InChI is InChI=1S/C112H108N12.Cu/c1-105(2,3)73-47-69(48-74(55-73)106(4,5)6)99-85-29-25-81(117-85)97(67-43-63(59-113)41-64(44-67)60-114)82-26-30-86(118-82)100(70-49-75(107(7,8)9)56-76(50-70)108(10,11)12)90-34-38-94(122-90)103(93-37-33-89(99)121-93)104-95-39-35-91(123-95)101(71-51-77(109(13,14)15)57-78(52-71)110(16,17)18)87-31-27-83(119-87)98(68-45-65(61-115)42-66(46-68)62-116)84-28-32-88(120-84)102(92-36-40-96(104)124-92)72-53-79(111(19,20)21)58-80(54-72)112(22,23)24;/h25-58,117,122H,1-24H3;/q-2;+2. The van der Waals surface area contributed by atoms with Crippen LogP contribution < -0.4 is 9.97 Å². The molecule has 627 valence electrons. The molecule has 6 aromatic heterocycles. The maximum atomic E-state index is 10.7. The summed E-state index contributed by atoms with van der Waals surface area (Å²) >= 11 is 0. The molecule has 0 fully saturated rings. The maximum absolute atomic E-state index is 10.7. The zero-order valence-electron chi connectivity index (χ0n) is 76.4. The van der Waals surface area contributed by atoms with Crippen LogP contribution in [0.1, 0.15) is 278 Å². The predicted molar refractivity (Wildman–Crippen MR) is 516 cm³/mol. The van der Waals surface area contributed by atoms with Crippen LogP contribution in [0, 0.1) is 45.3 Å². The van der Waals surface area contributed by atoms with E-state index in [4.69, 9.17) is 29.9 Å². The number of benzene rings is 6. The van der Waals surface area contributed by atoms with Gasteiger partial charge in [0, 0.05) is 44.3 Å². The molecule has 125 heavy (non-hydrogen) atoms. The van der Waals surface area contributed by atoms with E-state index in [2.05, 4.69) is 358 Å². The predicted octanol–water partition coefficient (Wildman–Crippen LogP) is 28.4. The summed E-state index contributed by atoms with van der Waals surface area (Å²) in [6.07, 6.45) is 16.8. The van der Waals surface area contributed by atoms with Gasteiger partial charge in [-0.3, -0.25) is 0 Å². The number of nitrogens with zero attached hydrogens (tertiary/aromatic N) is 10. The fourth-order valence-electron chi connectivity index (χ4n) is 17.0. The molecule has 12 aromatic rings. The van der Waals surface area contributed by atoms with Gasteiger partial charge in [0.1, 0.15) is 0 Å². The number of rotatable bonds is 7. The van der Waals surface area contributed by atoms with E-state index < -0.39 is 0 Å². The third-order valence-corrected chi connectivity index (χ3v) is 24.4. The number of fused-ring (bicyclic) bond motifs is 16. The Hall–Kier alpha value is -13.0. The maximum Gasteiger partial charge on any atom is 2.00 e. The van der Waals surface area contributed by atoms with Crippen LogP contribution in [-0.4, -0.2) is 29.9 Å².